The van der Waals surface area contributed by atoms with Crippen LogP contribution in [0.4, 0.5) is 0 Å². The van der Waals surface area contributed by atoms with Crippen molar-refractivity contribution >= 4 is 23.8 Å². The van der Waals surface area contributed by atoms with Crippen molar-refractivity contribution in [2.75, 3.05) is 0 Å². The second-order valence-corrected chi connectivity index (χ2v) is 4.27. The minimum Gasteiger partial charge on any atom is -0.502 e. The average Bonchev–Trinajstić information content (AvgIpc) is 2.40. The molecule has 2 N–H and O–H groups in total. The lowest BCUT2D eigenvalue weighted by atomic mass is 10.2. The molecular weight excluding hydrogens is 268 g/mol. The van der Waals surface area contributed by atoms with E-state index in [1.807, 2.05) is 6.07 Å². The predicted molar refractivity (Wildman–Crippen MR) is 72.9 cm³/mol. The molecule has 19 heavy (non-hydrogen) atoms. The zero-order chi connectivity index (χ0) is 13.8. The Morgan fingerprint density at radius 3 is 2.74 bits per heavy atom. The Labute approximate surface area is 114 Å². The summed E-state index contributed by atoms with van der Waals surface area (Å²) in [5.41, 5.74) is 0.199. The van der Waals surface area contributed by atoms with E-state index in [4.69, 9.17) is 21.1 Å². The van der Waals surface area contributed by atoms with Crippen molar-refractivity contribution in [2.24, 2.45) is 0 Å². The summed E-state index contributed by atoms with van der Waals surface area (Å²) in [4.78, 5) is 11.4. The van der Waals surface area contributed by atoms with Gasteiger partial charge in [0.15, 0.2) is 5.76 Å². The van der Waals surface area contributed by atoms with Gasteiger partial charge >= 0.3 is 0 Å². The Kier molecular flexibility index (Phi) is 4.04. The fourth-order valence-corrected chi connectivity index (χ4v) is 1.73. The molecule has 4 nitrogen and oxygen atoms in total. The summed E-state index contributed by atoms with van der Waals surface area (Å²) < 4.78 is 5.17. The van der Waals surface area contributed by atoms with Gasteiger partial charge in [0.2, 0.25) is 11.2 Å². The van der Waals surface area contributed by atoms with Gasteiger partial charge in [-0.2, -0.15) is 0 Å². The molecule has 2 rings (SSSR count). The molecule has 0 bridgehead atoms. The lowest BCUT2D eigenvalue weighted by Gasteiger charge is -2.01. The Morgan fingerprint density at radius 1 is 1.26 bits per heavy atom. The minimum atomic E-state index is -0.596. The largest absolute Gasteiger partial charge is 0.502 e. The smallest absolute Gasteiger partial charge is 0.227 e. The fraction of sp³-hybridized carbons (Fsp3) is 0.0714. The molecule has 0 aliphatic rings. The molecule has 0 atom stereocenters. The summed E-state index contributed by atoms with van der Waals surface area (Å²) in [5.74, 6) is -0.402. The summed E-state index contributed by atoms with van der Waals surface area (Å²) in [5, 5.41) is 19.1. The van der Waals surface area contributed by atoms with Gasteiger partial charge in [0.25, 0.3) is 0 Å². The highest BCUT2D eigenvalue weighted by Gasteiger charge is 2.07. The SMILES string of the molecule is O=c1cc(CO)oc(C=Cc2cccc(Cl)c2)c1O. The van der Waals surface area contributed by atoms with Crippen molar-refractivity contribution in [1.82, 2.24) is 0 Å². The third kappa shape index (κ3) is 3.24. The van der Waals surface area contributed by atoms with Crippen LogP contribution >= 0.6 is 11.6 Å². The third-order valence-corrected chi connectivity index (χ3v) is 2.67. The quantitative estimate of drug-likeness (QED) is 0.905. The molecule has 0 aliphatic heterocycles. The second kappa shape index (κ2) is 5.73. The van der Waals surface area contributed by atoms with E-state index >= 15 is 0 Å². The minimum absolute atomic E-state index is 0.00322. The normalized spacial score (nSPS) is 11.1. The van der Waals surface area contributed by atoms with E-state index in [9.17, 15) is 9.90 Å². The van der Waals surface area contributed by atoms with Crippen molar-refractivity contribution in [3.63, 3.8) is 0 Å². The maximum atomic E-state index is 11.4. The number of benzene rings is 1. The van der Waals surface area contributed by atoms with E-state index in [1.54, 1.807) is 24.3 Å². The number of aromatic hydroxyl groups is 1. The average molecular weight is 279 g/mol. The highest BCUT2D eigenvalue weighted by atomic mass is 35.5. The summed E-state index contributed by atoms with van der Waals surface area (Å²) in [6, 6.07) is 8.10. The zero-order valence-corrected chi connectivity index (χ0v) is 10.6. The van der Waals surface area contributed by atoms with Crippen LogP contribution in [0.2, 0.25) is 5.02 Å². The van der Waals surface area contributed by atoms with Crippen molar-refractivity contribution in [3.8, 4) is 5.75 Å². The molecule has 1 heterocycles. The monoisotopic (exact) mass is 278 g/mol. The molecule has 1 aromatic heterocycles. The molecule has 0 aliphatic carbocycles. The summed E-state index contributed by atoms with van der Waals surface area (Å²) in [6.45, 7) is -0.409. The number of rotatable bonds is 3. The van der Waals surface area contributed by atoms with Gasteiger partial charge in [-0.15, -0.1) is 0 Å². The van der Waals surface area contributed by atoms with Crippen molar-refractivity contribution < 1.29 is 14.6 Å². The van der Waals surface area contributed by atoms with Gasteiger partial charge in [-0.25, -0.2) is 0 Å². The van der Waals surface area contributed by atoms with Gasteiger partial charge in [-0.3, -0.25) is 4.79 Å². The van der Waals surface area contributed by atoms with Gasteiger partial charge in [0.1, 0.15) is 12.4 Å². The molecular formula is C14H11ClO4. The Morgan fingerprint density at radius 2 is 2.05 bits per heavy atom. The van der Waals surface area contributed by atoms with Crippen LogP contribution in [0.3, 0.4) is 0 Å². The van der Waals surface area contributed by atoms with Crippen LogP contribution in [0, 0.1) is 0 Å². The lowest BCUT2D eigenvalue weighted by Crippen LogP contribution is -2.02. The maximum absolute atomic E-state index is 11.4. The maximum Gasteiger partial charge on any atom is 0.227 e. The molecule has 0 radical (unpaired) electrons. The molecule has 0 saturated carbocycles. The van der Waals surface area contributed by atoms with Crippen molar-refractivity contribution in [1.29, 1.82) is 0 Å². The number of hydrogen-bond donors (Lipinski definition) is 2. The first-order valence-electron chi connectivity index (χ1n) is 5.50. The van der Waals surface area contributed by atoms with Crippen LogP contribution < -0.4 is 5.43 Å². The second-order valence-electron chi connectivity index (χ2n) is 3.84. The first kappa shape index (κ1) is 13.4. The molecule has 1 aromatic carbocycles. The van der Waals surface area contributed by atoms with Crippen LogP contribution in [0.25, 0.3) is 12.2 Å². The number of hydrogen-bond acceptors (Lipinski definition) is 4. The van der Waals surface area contributed by atoms with Crippen LogP contribution in [0.1, 0.15) is 17.1 Å². The van der Waals surface area contributed by atoms with E-state index < -0.39 is 17.8 Å². The van der Waals surface area contributed by atoms with Gasteiger partial charge in [0, 0.05) is 11.1 Å². The lowest BCUT2D eigenvalue weighted by molar-refractivity contribution is 0.240. The molecule has 0 amide bonds. The van der Waals surface area contributed by atoms with Crippen molar-refractivity contribution in [3.05, 3.63) is 62.7 Å². The first-order chi connectivity index (χ1) is 9.10. The van der Waals surface area contributed by atoms with E-state index in [-0.39, 0.29) is 11.5 Å². The molecule has 98 valence electrons. The van der Waals surface area contributed by atoms with E-state index in [1.165, 1.54) is 6.08 Å². The summed E-state index contributed by atoms with van der Waals surface area (Å²) in [7, 11) is 0. The molecule has 5 heteroatoms. The number of aliphatic hydroxyl groups excluding tert-OH is 1. The van der Waals surface area contributed by atoms with E-state index in [0.717, 1.165) is 11.6 Å². The van der Waals surface area contributed by atoms with Crippen molar-refractivity contribution in [2.45, 2.75) is 6.61 Å². The molecule has 2 aromatic rings. The van der Waals surface area contributed by atoms with Gasteiger partial charge in [-0.1, -0.05) is 29.8 Å². The van der Waals surface area contributed by atoms with Crippen LogP contribution in [-0.4, -0.2) is 10.2 Å². The molecule has 0 fully saturated rings. The van der Waals surface area contributed by atoms with Crippen LogP contribution in [0.5, 0.6) is 5.75 Å². The van der Waals surface area contributed by atoms with Gasteiger partial charge in [-0.05, 0) is 23.8 Å². The summed E-state index contributed by atoms with van der Waals surface area (Å²) in [6.07, 6.45) is 3.09. The van der Waals surface area contributed by atoms with Gasteiger partial charge < -0.3 is 14.6 Å². The zero-order valence-electron chi connectivity index (χ0n) is 9.84. The number of halogens is 1. The van der Waals surface area contributed by atoms with Gasteiger partial charge in [0.05, 0.1) is 0 Å². The molecule has 0 spiro atoms. The Bertz CT molecular complexity index is 673. The number of aliphatic hydroxyl groups is 1. The van der Waals surface area contributed by atoms with E-state index in [2.05, 4.69) is 0 Å². The highest BCUT2D eigenvalue weighted by molar-refractivity contribution is 6.30. The highest BCUT2D eigenvalue weighted by Crippen LogP contribution is 2.18. The van der Waals surface area contributed by atoms with Crippen LogP contribution in [-0.2, 0) is 6.61 Å². The third-order valence-electron chi connectivity index (χ3n) is 2.43. The molecule has 0 saturated heterocycles. The topological polar surface area (TPSA) is 70.7 Å². The Balaban J connectivity index is 2.38. The predicted octanol–water partition coefficient (Wildman–Crippen LogP) is 2.66. The standard InChI is InChI=1S/C14H11ClO4/c15-10-3-1-2-9(6-10)4-5-13-14(18)12(17)7-11(8-16)19-13/h1-7,16,18H,8H2. The fourth-order valence-electron chi connectivity index (χ4n) is 1.53. The van der Waals surface area contributed by atoms with E-state index in [0.29, 0.717) is 5.02 Å². The molecule has 0 unspecified atom stereocenters. The Hall–Kier alpha value is -2.04. The summed E-state index contributed by atoms with van der Waals surface area (Å²) >= 11 is 5.84. The first-order valence-corrected chi connectivity index (χ1v) is 5.88. The van der Waals surface area contributed by atoms with Crippen LogP contribution in [0.15, 0.2) is 39.5 Å².